The number of aromatic nitrogens is 4. The molecule has 4 heterocycles. The summed E-state index contributed by atoms with van der Waals surface area (Å²) in [5.74, 6) is 1.34. The van der Waals surface area contributed by atoms with Crippen LogP contribution in [-0.2, 0) is 11.8 Å². The molecule has 1 atom stereocenters. The fourth-order valence-corrected chi connectivity index (χ4v) is 3.27. The van der Waals surface area contributed by atoms with Crippen LogP contribution in [0.4, 0.5) is 0 Å². The predicted molar refractivity (Wildman–Crippen MR) is 87.7 cm³/mol. The van der Waals surface area contributed by atoms with Crippen molar-refractivity contribution in [3.63, 3.8) is 0 Å². The number of tetrazole rings is 1. The molecule has 1 amide bonds. The summed E-state index contributed by atoms with van der Waals surface area (Å²) in [5.41, 5.74) is 0.713. The molecule has 0 radical (unpaired) electrons. The highest BCUT2D eigenvalue weighted by Crippen LogP contribution is 2.33. The van der Waals surface area contributed by atoms with Gasteiger partial charge in [-0.15, -0.1) is 5.10 Å². The number of aryl methyl sites for hydroxylation is 1. The van der Waals surface area contributed by atoms with Gasteiger partial charge in [-0.1, -0.05) is 11.8 Å². The van der Waals surface area contributed by atoms with E-state index < -0.39 is 0 Å². The maximum absolute atomic E-state index is 12.7. The van der Waals surface area contributed by atoms with Gasteiger partial charge in [0.05, 0.1) is 18.3 Å². The van der Waals surface area contributed by atoms with Crippen molar-refractivity contribution in [2.45, 2.75) is 17.6 Å². The molecule has 0 aliphatic carbocycles. The zero-order valence-corrected chi connectivity index (χ0v) is 14.1. The SMILES string of the molecule is Cn1nnnc1SCC(=O)N1N=C(c2ccco2)CC1c1ccco1. The number of nitrogens with zero attached hydrogens (tertiary/aromatic N) is 6. The average molecular weight is 358 g/mol. The molecule has 9 nitrogen and oxygen atoms in total. The highest BCUT2D eigenvalue weighted by molar-refractivity contribution is 7.99. The molecular formula is C15H14N6O3S. The summed E-state index contributed by atoms with van der Waals surface area (Å²) >= 11 is 1.26. The Balaban J connectivity index is 1.55. The Kier molecular flexibility index (Phi) is 4.10. The number of hydrogen-bond acceptors (Lipinski definition) is 8. The smallest absolute Gasteiger partial charge is 0.253 e. The van der Waals surface area contributed by atoms with Crippen LogP contribution in [0.25, 0.3) is 0 Å². The van der Waals surface area contributed by atoms with E-state index in [1.54, 1.807) is 31.7 Å². The zero-order chi connectivity index (χ0) is 17.2. The van der Waals surface area contributed by atoms with E-state index in [4.69, 9.17) is 8.83 Å². The summed E-state index contributed by atoms with van der Waals surface area (Å²) in [6.45, 7) is 0. The minimum Gasteiger partial charge on any atom is -0.467 e. The normalized spacial score (nSPS) is 17.1. The lowest BCUT2D eigenvalue weighted by molar-refractivity contribution is -0.130. The Morgan fingerprint density at radius 3 is 2.84 bits per heavy atom. The average Bonchev–Trinajstić information content (AvgIpc) is 3.38. The third kappa shape index (κ3) is 3.07. The van der Waals surface area contributed by atoms with Crippen molar-refractivity contribution in [2.75, 3.05) is 5.75 Å². The maximum atomic E-state index is 12.7. The van der Waals surface area contributed by atoms with Gasteiger partial charge >= 0.3 is 0 Å². The van der Waals surface area contributed by atoms with Crippen LogP contribution in [0.5, 0.6) is 0 Å². The number of carbonyl (C=O) groups excluding carboxylic acids is 1. The lowest BCUT2D eigenvalue weighted by Crippen LogP contribution is -2.28. The summed E-state index contributed by atoms with van der Waals surface area (Å²) < 4.78 is 12.4. The lowest BCUT2D eigenvalue weighted by atomic mass is 10.1. The third-order valence-electron chi connectivity index (χ3n) is 3.75. The van der Waals surface area contributed by atoms with E-state index in [2.05, 4.69) is 20.6 Å². The molecule has 0 spiro atoms. The standard InChI is InChI=1S/C15H14N6O3S/c1-20-15(16-18-19-20)25-9-14(22)21-11(13-5-3-7-24-13)8-10(17-21)12-4-2-6-23-12/h2-7,11H,8-9H2,1H3. The Hall–Kier alpha value is -2.88. The third-order valence-corrected chi connectivity index (χ3v) is 4.74. The van der Waals surface area contributed by atoms with Crippen molar-refractivity contribution < 1.29 is 13.6 Å². The second kappa shape index (κ2) is 6.55. The molecule has 25 heavy (non-hydrogen) atoms. The fraction of sp³-hybridized carbons (Fsp3) is 0.267. The molecule has 1 aliphatic heterocycles. The first-order chi connectivity index (χ1) is 12.2. The second-order valence-corrected chi connectivity index (χ2v) is 6.31. The van der Waals surface area contributed by atoms with Crippen molar-refractivity contribution in [1.82, 2.24) is 25.2 Å². The summed E-state index contributed by atoms with van der Waals surface area (Å²) in [4.78, 5) is 12.7. The number of rotatable bonds is 5. The van der Waals surface area contributed by atoms with Crippen molar-refractivity contribution in [3.8, 4) is 0 Å². The van der Waals surface area contributed by atoms with Crippen LogP contribution in [0.15, 0.2) is 55.9 Å². The van der Waals surface area contributed by atoms with Gasteiger partial charge in [-0.2, -0.15) is 5.10 Å². The molecule has 10 heteroatoms. The van der Waals surface area contributed by atoms with E-state index in [1.165, 1.54) is 21.5 Å². The first-order valence-corrected chi connectivity index (χ1v) is 8.53. The van der Waals surface area contributed by atoms with Crippen LogP contribution in [0, 0.1) is 0 Å². The Bertz CT molecular complexity index is 886. The molecule has 3 aromatic heterocycles. The molecule has 0 aromatic carbocycles. The van der Waals surface area contributed by atoms with Crippen LogP contribution in [0.3, 0.4) is 0 Å². The van der Waals surface area contributed by atoms with E-state index in [-0.39, 0.29) is 17.7 Å². The number of furan rings is 2. The van der Waals surface area contributed by atoms with Crippen LogP contribution >= 0.6 is 11.8 Å². The van der Waals surface area contributed by atoms with Gasteiger partial charge in [0.15, 0.2) is 0 Å². The van der Waals surface area contributed by atoms with Gasteiger partial charge in [0.1, 0.15) is 23.3 Å². The highest BCUT2D eigenvalue weighted by atomic mass is 32.2. The Labute approximate surface area is 146 Å². The number of hydrazone groups is 1. The lowest BCUT2D eigenvalue weighted by Gasteiger charge is -2.19. The van der Waals surface area contributed by atoms with E-state index in [0.717, 1.165) is 0 Å². The van der Waals surface area contributed by atoms with E-state index in [0.29, 0.717) is 28.8 Å². The van der Waals surface area contributed by atoms with Gasteiger partial charge in [0.2, 0.25) is 5.16 Å². The predicted octanol–water partition coefficient (Wildman–Crippen LogP) is 1.87. The highest BCUT2D eigenvalue weighted by Gasteiger charge is 2.35. The molecular weight excluding hydrogens is 344 g/mol. The molecule has 0 saturated carbocycles. The van der Waals surface area contributed by atoms with Gasteiger partial charge in [0.25, 0.3) is 5.91 Å². The van der Waals surface area contributed by atoms with Crippen molar-refractivity contribution in [3.05, 3.63) is 48.3 Å². The van der Waals surface area contributed by atoms with E-state index in [1.807, 2.05) is 12.1 Å². The molecule has 1 aliphatic rings. The summed E-state index contributed by atoms with van der Waals surface area (Å²) in [5, 5.41) is 17.7. The minimum absolute atomic E-state index is 0.157. The Morgan fingerprint density at radius 1 is 1.32 bits per heavy atom. The molecule has 3 aromatic rings. The van der Waals surface area contributed by atoms with Crippen molar-refractivity contribution in [2.24, 2.45) is 12.1 Å². The van der Waals surface area contributed by atoms with E-state index >= 15 is 0 Å². The number of thioether (sulfide) groups is 1. The van der Waals surface area contributed by atoms with Crippen LogP contribution in [-0.4, -0.2) is 42.6 Å². The van der Waals surface area contributed by atoms with Crippen molar-refractivity contribution >= 4 is 23.4 Å². The first-order valence-electron chi connectivity index (χ1n) is 7.54. The molecule has 1 unspecified atom stereocenters. The number of hydrogen-bond donors (Lipinski definition) is 0. The molecule has 0 N–H and O–H groups in total. The first kappa shape index (κ1) is 15.6. The van der Waals surface area contributed by atoms with Crippen LogP contribution in [0.2, 0.25) is 0 Å². The summed E-state index contributed by atoms with van der Waals surface area (Å²) in [7, 11) is 1.72. The van der Waals surface area contributed by atoms with Gasteiger partial charge in [0, 0.05) is 13.5 Å². The maximum Gasteiger partial charge on any atom is 0.253 e. The van der Waals surface area contributed by atoms with Crippen LogP contribution in [0.1, 0.15) is 24.0 Å². The summed E-state index contributed by atoms with van der Waals surface area (Å²) in [6.07, 6.45) is 3.70. The molecule has 0 saturated heterocycles. The van der Waals surface area contributed by atoms with E-state index in [9.17, 15) is 4.79 Å². The molecule has 0 bridgehead atoms. The molecule has 4 rings (SSSR count). The topological polar surface area (TPSA) is 103 Å². The number of carbonyl (C=O) groups is 1. The zero-order valence-electron chi connectivity index (χ0n) is 13.3. The van der Waals surface area contributed by atoms with Crippen molar-refractivity contribution in [1.29, 1.82) is 0 Å². The monoisotopic (exact) mass is 358 g/mol. The number of amides is 1. The Morgan fingerprint density at radius 2 is 2.16 bits per heavy atom. The quantitative estimate of drug-likeness (QED) is 0.641. The minimum atomic E-state index is -0.291. The van der Waals surface area contributed by atoms with Gasteiger partial charge < -0.3 is 8.83 Å². The molecule has 128 valence electrons. The van der Waals surface area contributed by atoms with Crippen LogP contribution < -0.4 is 0 Å². The molecule has 0 fully saturated rings. The summed E-state index contributed by atoms with van der Waals surface area (Å²) in [6, 6.07) is 6.96. The van der Waals surface area contributed by atoms with Gasteiger partial charge in [-0.3, -0.25) is 4.79 Å². The fourth-order valence-electron chi connectivity index (χ4n) is 2.57. The largest absolute Gasteiger partial charge is 0.467 e. The second-order valence-electron chi connectivity index (χ2n) is 5.37. The van der Waals surface area contributed by atoms with Gasteiger partial charge in [-0.25, -0.2) is 9.69 Å². The van der Waals surface area contributed by atoms with Gasteiger partial charge in [-0.05, 0) is 34.7 Å².